The molecular formula is C15H28N4O4. The van der Waals surface area contributed by atoms with Crippen LogP contribution in [0, 0.1) is 16.0 Å². The highest BCUT2D eigenvalue weighted by atomic mass is 16.7. The van der Waals surface area contributed by atoms with Crippen molar-refractivity contribution in [3.63, 3.8) is 0 Å². The van der Waals surface area contributed by atoms with Crippen molar-refractivity contribution in [2.75, 3.05) is 39.5 Å². The molecule has 0 aromatic carbocycles. The molecule has 0 N–H and O–H groups in total. The third-order valence-corrected chi connectivity index (χ3v) is 4.33. The van der Waals surface area contributed by atoms with Gasteiger partial charge in [0, 0.05) is 38.8 Å². The Balaban J connectivity index is 2.03. The van der Waals surface area contributed by atoms with Gasteiger partial charge in [0.15, 0.2) is 5.03 Å². The van der Waals surface area contributed by atoms with Gasteiger partial charge in [-0.1, -0.05) is 20.3 Å². The van der Waals surface area contributed by atoms with Gasteiger partial charge in [-0.15, -0.1) is 0 Å². The highest BCUT2D eigenvalue weighted by Gasteiger charge is 2.35. The van der Waals surface area contributed by atoms with Gasteiger partial charge in [0.2, 0.25) is 0 Å². The summed E-state index contributed by atoms with van der Waals surface area (Å²) in [6.07, 6.45) is 3.70. The number of guanidine groups is 1. The molecule has 8 nitrogen and oxygen atoms in total. The van der Waals surface area contributed by atoms with Crippen molar-refractivity contribution in [1.82, 2.24) is 9.80 Å². The van der Waals surface area contributed by atoms with Crippen molar-refractivity contribution < 1.29 is 14.5 Å². The Morgan fingerprint density at radius 3 is 2.91 bits per heavy atom. The van der Waals surface area contributed by atoms with Gasteiger partial charge in [0.05, 0.1) is 6.61 Å². The summed E-state index contributed by atoms with van der Waals surface area (Å²) < 4.78 is 11.3. The Morgan fingerprint density at radius 1 is 1.48 bits per heavy atom. The minimum atomic E-state index is -0.607. The molecule has 0 aromatic rings. The van der Waals surface area contributed by atoms with E-state index >= 15 is 0 Å². The smallest absolute Gasteiger partial charge is 0.276 e. The lowest BCUT2D eigenvalue weighted by atomic mass is 10.1. The van der Waals surface area contributed by atoms with Gasteiger partial charge in [-0.2, -0.15) is 0 Å². The Hall–Kier alpha value is -1.41. The van der Waals surface area contributed by atoms with Crippen LogP contribution in [0.5, 0.6) is 0 Å². The average Bonchev–Trinajstić information content (AvgIpc) is 3.15. The van der Waals surface area contributed by atoms with E-state index in [-0.39, 0.29) is 6.23 Å². The van der Waals surface area contributed by atoms with Crippen LogP contribution < -0.4 is 0 Å². The summed E-state index contributed by atoms with van der Waals surface area (Å²) in [7, 11) is 0. The highest BCUT2D eigenvalue weighted by Crippen LogP contribution is 2.21. The largest absolute Gasteiger partial charge is 0.381 e. The van der Waals surface area contributed by atoms with Crippen LogP contribution in [0.4, 0.5) is 0 Å². The molecule has 2 aliphatic heterocycles. The summed E-state index contributed by atoms with van der Waals surface area (Å²) in [5.74, 6) is 0.859. The van der Waals surface area contributed by atoms with Crippen molar-refractivity contribution in [2.24, 2.45) is 11.0 Å². The van der Waals surface area contributed by atoms with Crippen LogP contribution in [0.3, 0.4) is 0 Å². The number of nitro groups is 1. The first-order valence-electron chi connectivity index (χ1n) is 8.59. The molecule has 0 radical (unpaired) electrons. The van der Waals surface area contributed by atoms with Crippen LogP contribution >= 0.6 is 0 Å². The van der Waals surface area contributed by atoms with Gasteiger partial charge < -0.3 is 19.3 Å². The standard InChI is InChI=1S/C15H28N4O4/c1-3-5-9-23-14(4-2)18-8-7-17(15(18)16-19(20)21)11-13-6-10-22-12-13/h13-14H,3-12H2,1-2H3. The van der Waals surface area contributed by atoms with Crippen LogP contribution in [-0.4, -0.2) is 66.5 Å². The summed E-state index contributed by atoms with van der Waals surface area (Å²) >= 11 is 0. The Kier molecular flexibility index (Phi) is 7.04. The maximum Gasteiger partial charge on any atom is 0.276 e. The van der Waals surface area contributed by atoms with Crippen molar-refractivity contribution in [3.05, 3.63) is 10.1 Å². The number of hydrogen-bond donors (Lipinski definition) is 0. The fourth-order valence-electron chi connectivity index (χ4n) is 3.08. The molecule has 2 rings (SSSR count). The molecule has 2 atom stereocenters. The van der Waals surface area contributed by atoms with Gasteiger partial charge in [0.25, 0.3) is 5.96 Å². The number of hydrogen-bond acceptors (Lipinski definition) is 4. The normalized spacial score (nSPS) is 24.6. The van der Waals surface area contributed by atoms with E-state index in [0.29, 0.717) is 25.0 Å². The molecule has 2 saturated heterocycles. The predicted octanol–water partition coefficient (Wildman–Crippen LogP) is 1.74. The molecule has 2 fully saturated rings. The number of nitrogens with zero attached hydrogens (tertiary/aromatic N) is 4. The maximum atomic E-state index is 11.0. The molecule has 8 heteroatoms. The summed E-state index contributed by atoms with van der Waals surface area (Å²) in [4.78, 5) is 14.9. The molecule has 2 aliphatic rings. The molecular weight excluding hydrogens is 300 g/mol. The summed E-state index contributed by atoms with van der Waals surface area (Å²) in [6.45, 7) is 8.55. The van der Waals surface area contributed by atoms with Gasteiger partial charge in [-0.25, -0.2) is 10.1 Å². The number of rotatable bonds is 9. The second kappa shape index (κ2) is 9.02. The first-order valence-corrected chi connectivity index (χ1v) is 8.59. The molecule has 132 valence electrons. The van der Waals surface area contributed by atoms with Gasteiger partial charge in [0.1, 0.15) is 11.3 Å². The lowest BCUT2D eigenvalue weighted by Crippen LogP contribution is -2.43. The maximum absolute atomic E-state index is 11.0. The van der Waals surface area contributed by atoms with Crippen molar-refractivity contribution in [3.8, 4) is 0 Å². The fourth-order valence-corrected chi connectivity index (χ4v) is 3.08. The van der Waals surface area contributed by atoms with Crippen molar-refractivity contribution in [1.29, 1.82) is 0 Å². The SMILES string of the molecule is CCCCOC(CC)N1CCN(CC2CCOC2)C1=N[N+](=O)[O-]. The van der Waals surface area contributed by atoms with E-state index in [2.05, 4.69) is 12.0 Å². The third-order valence-electron chi connectivity index (χ3n) is 4.33. The first kappa shape index (κ1) is 17.9. The van der Waals surface area contributed by atoms with E-state index in [1.807, 2.05) is 16.7 Å². The Bertz CT molecular complexity index is 412. The summed E-state index contributed by atoms with van der Waals surface area (Å²) in [6, 6.07) is 0. The van der Waals surface area contributed by atoms with E-state index in [1.54, 1.807) is 0 Å². The van der Waals surface area contributed by atoms with Gasteiger partial charge in [-0.05, 0) is 19.3 Å². The predicted molar refractivity (Wildman–Crippen MR) is 86.6 cm³/mol. The number of ether oxygens (including phenoxy) is 2. The second-order valence-corrected chi connectivity index (χ2v) is 6.09. The van der Waals surface area contributed by atoms with Crippen molar-refractivity contribution >= 4 is 5.96 Å². The lowest BCUT2D eigenvalue weighted by molar-refractivity contribution is -0.486. The molecule has 2 heterocycles. The zero-order chi connectivity index (χ0) is 16.7. The molecule has 0 saturated carbocycles. The number of unbranched alkanes of at least 4 members (excludes halogenated alkanes) is 1. The summed E-state index contributed by atoms with van der Waals surface area (Å²) in [5.41, 5.74) is 0. The minimum Gasteiger partial charge on any atom is -0.381 e. The van der Waals surface area contributed by atoms with E-state index in [9.17, 15) is 10.1 Å². The van der Waals surface area contributed by atoms with Crippen LogP contribution in [0.15, 0.2) is 5.10 Å². The van der Waals surface area contributed by atoms with E-state index in [4.69, 9.17) is 9.47 Å². The fraction of sp³-hybridized carbons (Fsp3) is 0.933. The highest BCUT2D eigenvalue weighted by molar-refractivity contribution is 5.81. The quantitative estimate of drug-likeness (QED) is 0.364. The van der Waals surface area contributed by atoms with Crippen LogP contribution in [0.1, 0.15) is 39.5 Å². The van der Waals surface area contributed by atoms with Gasteiger partial charge >= 0.3 is 0 Å². The second-order valence-electron chi connectivity index (χ2n) is 6.09. The molecule has 2 unspecified atom stereocenters. The zero-order valence-corrected chi connectivity index (χ0v) is 14.1. The van der Waals surface area contributed by atoms with Crippen LogP contribution in [0.2, 0.25) is 0 Å². The Morgan fingerprint density at radius 2 is 2.30 bits per heavy atom. The monoisotopic (exact) mass is 328 g/mol. The average molecular weight is 328 g/mol. The lowest BCUT2D eigenvalue weighted by Gasteiger charge is -2.29. The molecule has 0 spiro atoms. The molecule has 23 heavy (non-hydrogen) atoms. The number of hydrazone groups is 1. The van der Waals surface area contributed by atoms with Crippen LogP contribution in [0.25, 0.3) is 0 Å². The minimum absolute atomic E-state index is 0.148. The molecule has 0 aliphatic carbocycles. The van der Waals surface area contributed by atoms with E-state index in [1.165, 1.54) is 0 Å². The van der Waals surface area contributed by atoms with E-state index < -0.39 is 5.03 Å². The molecule has 0 bridgehead atoms. The molecule has 0 aromatic heterocycles. The Labute approximate surface area is 137 Å². The van der Waals surface area contributed by atoms with Crippen molar-refractivity contribution in [2.45, 2.75) is 45.8 Å². The summed E-state index contributed by atoms with van der Waals surface area (Å²) in [5, 5.41) is 14.0. The van der Waals surface area contributed by atoms with E-state index in [0.717, 1.165) is 52.0 Å². The topological polar surface area (TPSA) is 80.4 Å². The molecule has 0 amide bonds. The third kappa shape index (κ3) is 5.04. The van der Waals surface area contributed by atoms with Gasteiger partial charge in [-0.3, -0.25) is 0 Å². The zero-order valence-electron chi connectivity index (χ0n) is 14.1. The van der Waals surface area contributed by atoms with Crippen LogP contribution in [-0.2, 0) is 9.47 Å². The first-order chi connectivity index (χ1) is 11.2.